The molecule has 3 N–H and O–H groups in total. The molecule has 0 aliphatic heterocycles. The van der Waals surface area contributed by atoms with Crippen molar-refractivity contribution in [1.29, 1.82) is 0 Å². The number of nitrogens with one attached hydrogen (secondary N) is 3. The minimum absolute atomic E-state index is 0. The van der Waals surface area contributed by atoms with Crippen LogP contribution in [0.4, 0.5) is 0 Å². The van der Waals surface area contributed by atoms with Crippen molar-refractivity contribution in [2.75, 3.05) is 33.7 Å². The van der Waals surface area contributed by atoms with Crippen LogP contribution in [0.3, 0.4) is 0 Å². The van der Waals surface area contributed by atoms with Crippen LogP contribution in [0.1, 0.15) is 55.2 Å². The molecule has 0 aliphatic rings. The molecular formula is C26H40IN5O. The second-order valence-electron chi connectivity index (χ2n) is 8.93. The van der Waals surface area contributed by atoms with Crippen molar-refractivity contribution < 1.29 is 4.79 Å². The van der Waals surface area contributed by atoms with E-state index in [-0.39, 0.29) is 41.5 Å². The quantitative estimate of drug-likeness (QED) is 0.229. The van der Waals surface area contributed by atoms with E-state index in [0.29, 0.717) is 12.1 Å². The van der Waals surface area contributed by atoms with E-state index in [1.165, 1.54) is 5.56 Å². The van der Waals surface area contributed by atoms with Crippen LogP contribution in [-0.4, -0.2) is 56.0 Å². The Bertz CT molecular complexity index is 883. The number of carbonyl (C=O) groups is 1. The molecule has 1 unspecified atom stereocenters. The molecule has 182 valence electrons. The first-order chi connectivity index (χ1) is 15.2. The fraction of sp³-hybridized carbons (Fsp3) is 0.462. The van der Waals surface area contributed by atoms with Gasteiger partial charge in [0.25, 0.3) is 5.91 Å². The summed E-state index contributed by atoms with van der Waals surface area (Å²) in [6, 6.07) is 18.5. The van der Waals surface area contributed by atoms with E-state index < -0.39 is 0 Å². The third-order valence-corrected chi connectivity index (χ3v) is 5.17. The van der Waals surface area contributed by atoms with Gasteiger partial charge in [-0.05, 0) is 57.4 Å². The number of nitrogens with zero attached hydrogens (tertiary/aromatic N) is 2. The number of carbonyl (C=O) groups excluding carboxylic acids is 1. The lowest BCUT2D eigenvalue weighted by Gasteiger charge is -2.29. The second-order valence-corrected chi connectivity index (χ2v) is 8.93. The second kappa shape index (κ2) is 14.2. The Labute approximate surface area is 216 Å². The van der Waals surface area contributed by atoms with Crippen molar-refractivity contribution in [2.24, 2.45) is 4.99 Å². The Balaban J connectivity index is 0.00000544. The van der Waals surface area contributed by atoms with Crippen molar-refractivity contribution in [3.05, 3.63) is 71.3 Å². The highest BCUT2D eigenvalue weighted by molar-refractivity contribution is 14.0. The molecule has 0 saturated heterocycles. The Morgan fingerprint density at radius 3 is 2.39 bits per heavy atom. The summed E-state index contributed by atoms with van der Waals surface area (Å²) < 4.78 is 0. The summed E-state index contributed by atoms with van der Waals surface area (Å²) in [5.41, 5.74) is 2.95. The van der Waals surface area contributed by atoms with Gasteiger partial charge in [-0.15, -0.1) is 24.0 Å². The van der Waals surface area contributed by atoms with Crippen molar-refractivity contribution >= 4 is 35.8 Å². The first kappa shape index (κ1) is 28.9. The van der Waals surface area contributed by atoms with Crippen LogP contribution >= 0.6 is 24.0 Å². The third kappa shape index (κ3) is 10.1. The van der Waals surface area contributed by atoms with Crippen LogP contribution in [0.5, 0.6) is 0 Å². The minimum atomic E-state index is -0.154. The third-order valence-electron chi connectivity index (χ3n) is 5.17. The van der Waals surface area contributed by atoms with Crippen LogP contribution in [0.25, 0.3) is 0 Å². The van der Waals surface area contributed by atoms with Gasteiger partial charge in [0.2, 0.25) is 0 Å². The summed E-state index contributed by atoms with van der Waals surface area (Å²) in [5.74, 6) is 0.824. The van der Waals surface area contributed by atoms with Crippen LogP contribution < -0.4 is 16.0 Å². The number of aliphatic imine (C=N–C) groups is 1. The van der Waals surface area contributed by atoms with E-state index in [0.717, 1.165) is 31.0 Å². The maximum atomic E-state index is 12.2. The molecule has 2 rings (SSSR count). The van der Waals surface area contributed by atoms with Gasteiger partial charge in [-0.25, -0.2) is 0 Å². The lowest BCUT2D eigenvalue weighted by atomic mass is 10.0. The molecule has 0 fully saturated rings. The summed E-state index contributed by atoms with van der Waals surface area (Å²) >= 11 is 0. The fourth-order valence-electron chi connectivity index (χ4n) is 3.52. The van der Waals surface area contributed by atoms with E-state index in [1.54, 1.807) is 19.0 Å². The zero-order chi connectivity index (χ0) is 23.6. The molecule has 2 aromatic rings. The topological polar surface area (TPSA) is 68.8 Å². The van der Waals surface area contributed by atoms with Crippen LogP contribution in [0.2, 0.25) is 0 Å². The maximum absolute atomic E-state index is 12.2. The van der Waals surface area contributed by atoms with Gasteiger partial charge < -0.3 is 20.9 Å². The number of hydrogen-bond acceptors (Lipinski definition) is 3. The Kier molecular flexibility index (Phi) is 12.4. The van der Waals surface area contributed by atoms with E-state index >= 15 is 0 Å². The summed E-state index contributed by atoms with van der Waals surface area (Å²) in [7, 11) is 3.54. The molecule has 0 spiro atoms. The van der Waals surface area contributed by atoms with Crippen molar-refractivity contribution in [1.82, 2.24) is 20.9 Å². The molecule has 0 aromatic heterocycles. The van der Waals surface area contributed by atoms with Crippen molar-refractivity contribution in [3.8, 4) is 0 Å². The average Bonchev–Trinajstić information content (AvgIpc) is 2.77. The number of halogens is 1. The van der Waals surface area contributed by atoms with Gasteiger partial charge in [-0.3, -0.25) is 9.79 Å². The molecule has 33 heavy (non-hydrogen) atoms. The Morgan fingerprint density at radius 2 is 1.76 bits per heavy atom. The first-order valence-corrected chi connectivity index (χ1v) is 11.4. The average molecular weight is 566 g/mol. The Morgan fingerprint density at radius 1 is 1.06 bits per heavy atom. The number of hydrogen-bond donors (Lipinski definition) is 3. The zero-order valence-electron chi connectivity index (χ0n) is 20.8. The largest absolute Gasteiger partial charge is 0.357 e. The molecule has 0 aliphatic carbocycles. The van der Waals surface area contributed by atoms with Gasteiger partial charge in [0.05, 0.1) is 6.54 Å². The van der Waals surface area contributed by atoms with Gasteiger partial charge in [0.1, 0.15) is 0 Å². The molecule has 7 heteroatoms. The standard InChI is InChI=1S/C26H39N5O.HI/c1-7-27-25(28-17-16-21-12-11-15-23(18-21)24(32)31(5)6)29-19-26(3,4)30-20(2)22-13-9-8-10-14-22;/h8-15,18,20,30H,7,16-17,19H2,1-6H3,(H2,27,28,29);1H. The molecule has 0 heterocycles. The number of amides is 1. The highest BCUT2D eigenvalue weighted by atomic mass is 127. The van der Waals surface area contributed by atoms with Crippen molar-refractivity contribution in [2.45, 2.75) is 45.7 Å². The van der Waals surface area contributed by atoms with E-state index in [9.17, 15) is 4.79 Å². The van der Waals surface area contributed by atoms with Gasteiger partial charge in [0, 0.05) is 44.3 Å². The van der Waals surface area contributed by atoms with Gasteiger partial charge in [0.15, 0.2) is 5.96 Å². The van der Waals surface area contributed by atoms with Crippen LogP contribution in [0, 0.1) is 0 Å². The van der Waals surface area contributed by atoms with Crippen molar-refractivity contribution in [3.63, 3.8) is 0 Å². The molecule has 1 atom stereocenters. The number of benzene rings is 2. The van der Waals surface area contributed by atoms with E-state index in [4.69, 9.17) is 4.99 Å². The minimum Gasteiger partial charge on any atom is -0.357 e. The molecular weight excluding hydrogens is 525 g/mol. The zero-order valence-corrected chi connectivity index (χ0v) is 23.1. The highest BCUT2D eigenvalue weighted by Gasteiger charge is 2.20. The summed E-state index contributed by atoms with van der Waals surface area (Å²) in [6.07, 6.45) is 0.811. The molecule has 6 nitrogen and oxygen atoms in total. The lowest BCUT2D eigenvalue weighted by molar-refractivity contribution is 0.0827. The van der Waals surface area contributed by atoms with Crippen LogP contribution in [0.15, 0.2) is 59.6 Å². The van der Waals surface area contributed by atoms with E-state index in [1.807, 2.05) is 24.3 Å². The maximum Gasteiger partial charge on any atom is 0.253 e. The van der Waals surface area contributed by atoms with Crippen LogP contribution in [-0.2, 0) is 6.42 Å². The number of guanidine groups is 1. The predicted molar refractivity (Wildman–Crippen MR) is 150 cm³/mol. The van der Waals surface area contributed by atoms with Gasteiger partial charge in [-0.1, -0.05) is 42.5 Å². The molecule has 2 aromatic carbocycles. The summed E-state index contributed by atoms with van der Waals surface area (Å²) in [5, 5.41) is 10.4. The SMILES string of the molecule is CCNC(=NCC(C)(C)NC(C)c1ccccc1)NCCc1cccc(C(=O)N(C)C)c1.I. The molecule has 1 amide bonds. The fourth-order valence-corrected chi connectivity index (χ4v) is 3.52. The first-order valence-electron chi connectivity index (χ1n) is 11.4. The Hall–Kier alpha value is -2.13. The predicted octanol–water partition coefficient (Wildman–Crippen LogP) is 4.23. The smallest absolute Gasteiger partial charge is 0.253 e. The number of rotatable bonds is 10. The van der Waals surface area contributed by atoms with Gasteiger partial charge in [-0.2, -0.15) is 0 Å². The van der Waals surface area contributed by atoms with E-state index in [2.05, 4.69) is 74.0 Å². The van der Waals surface area contributed by atoms with Gasteiger partial charge >= 0.3 is 0 Å². The molecule has 0 radical (unpaired) electrons. The monoisotopic (exact) mass is 565 g/mol. The summed E-state index contributed by atoms with van der Waals surface area (Å²) in [4.78, 5) is 18.6. The normalized spacial score (nSPS) is 12.5. The highest BCUT2D eigenvalue weighted by Crippen LogP contribution is 2.16. The molecule has 0 saturated carbocycles. The lowest BCUT2D eigenvalue weighted by Crippen LogP contribution is -2.45. The molecule has 0 bridgehead atoms. The summed E-state index contributed by atoms with van der Waals surface area (Å²) in [6.45, 7) is 10.8.